The summed E-state index contributed by atoms with van der Waals surface area (Å²) < 4.78 is 0. The third kappa shape index (κ3) is 2.28. The molecule has 5 fully saturated rings. The Morgan fingerprint density at radius 2 is 1.75 bits per heavy atom. The highest BCUT2D eigenvalue weighted by Crippen LogP contribution is 2.61. The largest absolute Gasteiger partial charge is 0.340 e. The molecule has 0 aromatic rings. The van der Waals surface area contributed by atoms with Gasteiger partial charge in [0.15, 0.2) is 0 Å². The summed E-state index contributed by atoms with van der Waals surface area (Å²) in [5, 5.41) is 3.43. The molecule has 5 aliphatic rings. The van der Waals surface area contributed by atoms with E-state index in [0.29, 0.717) is 17.4 Å². The molecule has 112 valence electrons. The van der Waals surface area contributed by atoms with Gasteiger partial charge >= 0.3 is 0 Å². The van der Waals surface area contributed by atoms with E-state index in [9.17, 15) is 4.79 Å². The average molecular weight is 276 g/mol. The normalized spacial score (nSPS) is 46.8. The summed E-state index contributed by atoms with van der Waals surface area (Å²) in [4.78, 5) is 14.9. The van der Waals surface area contributed by atoms with Crippen LogP contribution in [0.5, 0.6) is 0 Å². The second-order valence-electron chi connectivity index (χ2n) is 8.29. The van der Waals surface area contributed by atoms with Crippen molar-refractivity contribution in [3.63, 3.8) is 0 Å². The predicted molar refractivity (Wildman–Crippen MR) is 79.3 cm³/mol. The van der Waals surface area contributed by atoms with Crippen LogP contribution in [0.15, 0.2) is 0 Å². The van der Waals surface area contributed by atoms with E-state index < -0.39 is 0 Å². The summed E-state index contributed by atoms with van der Waals surface area (Å²) in [5.74, 6) is 3.31. The van der Waals surface area contributed by atoms with Gasteiger partial charge < -0.3 is 10.2 Å². The predicted octanol–water partition coefficient (Wildman–Crippen LogP) is 2.41. The van der Waals surface area contributed by atoms with Crippen molar-refractivity contribution in [2.45, 2.75) is 57.9 Å². The Balaban J connectivity index is 1.44. The van der Waals surface area contributed by atoms with E-state index in [-0.39, 0.29) is 0 Å². The molecule has 1 atom stereocenters. The molecule has 4 bridgehead atoms. The standard InChI is InChI=1S/C17H28N2O/c1-12-11-19(3-2-18-12)16(20)10-17-7-13-4-14(8-17)6-15(5-13)9-17/h12-15,18H,2-11H2,1H3/t12-,13?,14?,15?,17?/m1/s1. The number of hydrogen-bond acceptors (Lipinski definition) is 2. The van der Waals surface area contributed by atoms with Crippen LogP contribution >= 0.6 is 0 Å². The molecule has 0 radical (unpaired) electrons. The van der Waals surface area contributed by atoms with E-state index in [1.54, 1.807) is 0 Å². The molecule has 4 aliphatic carbocycles. The fraction of sp³-hybridized carbons (Fsp3) is 0.941. The van der Waals surface area contributed by atoms with Crippen LogP contribution in [0.4, 0.5) is 0 Å². The first kappa shape index (κ1) is 13.1. The Bertz CT molecular complexity index is 371. The minimum atomic E-state index is 0.403. The lowest BCUT2D eigenvalue weighted by molar-refractivity contribution is -0.140. The molecule has 1 heterocycles. The van der Waals surface area contributed by atoms with E-state index in [0.717, 1.165) is 43.8 Å². The number of amides is 1. The third-order valence-electron chi connectivity index (χ3n) is 6.41. The minimum Gasteiger partial charge on any atom is -0.340 e. The van der Waals surface area contributed by atoms with Crippen molar-refractivity contribution in [3.05, 3.63) is 0 Å². The zero-order valence-corrected chi connectivity index (χ0v) is 12.7. The summed E-state index contributed by atoms with van der Waals surface area (Å²) in [6.07, 6.45) is 9.32. The van der Waals surface area contributed by atoms with Crippen LogP contribution < -0.4 is 5.32 Å². The van der Waals surface area contributed by atoms with E-state index >= 15 is 0 Å². The second kappa shape index (κ2) is 4.72. The fourth-order valence-corrected chi connectivity index (χ4v) is 6.10. The van der Waals surface area contributed by atoms with Crippen molar-refractivity contribution in [2.24, 2.45) is 23.2 Å². The lowest BCUT2D eigenvalue weighted by atomic mass is 9.49. The maximum atomic E-state index is 12.7. The van der Waals surface area contributed by atoms with Crippen LogP contribution in [0.25, 0.3) is 0 Å². The Hall–Kier alpha value is -0.570. The molecule has 0 spiro atoms. The monoisotopic (exact) mass is 276 g/mol. The molecular formula is C17H28N2O. The maximum absolute atomic E-state index is 12.7. The van der Waals surface area contributed by atoms with Crippen molar-refractivity contribution in [1.29, 1.82) is 0 Å². The summed E-state index contributed by atoms with van der Waals surface area (Å²) in [5.41, 5.74) is 0.403. The van der Waals surface area contributed by atoms with E-state index in [1.807, 2.05) is 0 Å². The quantitative estimate of drug-likeness (QED) is 0.840. The molecule has 1 aliphatic heterocycles. The molecule has 3 heteroatoms. The highest BCUT2D eigenvalue weighted by molar-refractivity contribution is 5.77. The average Bonchev–Trinajstić information content (AvgIpc) is 2.36. The topological polar surface area (TPSA) is 32.3 Å². The highest BCUT2D eigenvalue weighted by atomic mass is 16.2. The van der Waals surface area contributed by atoms with Crippen molar-refractivity contribution < 1.29 is 4.79 Å². The Labute approximate surface area is 122 Å². The number of carbonyl (C=O) groups excluding carboxylic acids is 1. The van der Waals surface area contributed by atoms with E-state index in [4.69, 9.17) is 0 Å². The summed E-state index contributed by atoms with van der Waals surface area (Å²) in [6, 6.07) is 0.462. The third-order valence-corrected chi connectivity index (χ3v) is 6.41. The SMILES string of the molecule is C[C@@H]1CN(C(=O)CC23CC4CC(CC(C4)C2)C3)CCN1. The Kier molecular flexibility index (Phi) is 3.10. The van der Waals surface area contributed by atoms with Gasteiger partial charge in [-0.2, -0.15) is 0 Å². The fourth-order valence-electron chi connectivity index (χ4n) is 6.10. The van der Waals surface area contributed by atoms with Gasteiger partial charge in [0.25, 0.3) is 0 Å². The molecule has 0 unspecified atom stereocenters. The van der Waals surface area contributed by atoms with Gasteiger partial charge in [-0.05, 0) is 68.6 Å². The van der Waals surface area contributed by atoms with Crippen molar-refractivity contribution in [2.75, 3.05) is 19.6 Å². The van der Waals surface area contributed by atoms with Crippen molar-refractivity contribution in [1.82, 2.24) is 10.2 Å². The van der Waals surface area contributed by atoms with Gasteiger partial charge in [-0.1, -0.05) is 0 Å². The van der Waals surface area contributed by atoms with Crippen LogP contribution in [0.2, 0.25) is 0 Å². The van der Waals surface area contributed by atoms with Crippen LogP contribution in [-0.2, 0) is 4.79 Å². The molecule has 0 aromatic heterocycles. The second-order valence-corrected chi connectivity index (χ2v) is 8.29. The molecular weight excluding hydrogens is 248 g/mol. The van der Waals surface area contributed by atoms with Crippen LogP contribution in [-0.4, -0.2) is 36.5 Å². The highest BCUT2D eigenvalue weighted by Gasteiger charge is 2.51. The molecule has 1 N–H and O–H groups in total. The summed E-state index contributed by atoms with van der Waals surface area (Å²) in [7, 11) is 0. The number of rotatable bonds is 2. The van der Waals surface area contributed by atoms with E-state index in [2.05, 4.69) is 17.1 Å². The van der Waals surface area contributed by atoms with Gasteiger partial charge in [-0.15, -0.1) is 0 Å². The number of piperazine rings is 1. The molecule has 20 heavy (non-hydrogen) atoms. The van der Waals surface area contributed by atoms with Crippen LogP contribution in [0.1, 0.15) is 51.9 Å². The number of carbonyl (C=O) groups is 1. The smallest absolute Gasteiger partial charge is 0.223 e. The molecule has 0 aromatic carbocycles. The maximum Gasteiger partial charge on any atom is 0.223 e. The molecule has 1 amide bonds. The minimum absolute atomic E-state index is 0.403. The number of hydrogen-bond donors (Lipinski definition) is 1. The summed E-state index contributed by atoms with van der Waals surface area (Å²) >= 11 is 0. The van der Waals surface area contributed by atoms with E-state index in [1.165, 1.54) is 38.5 Å². The number of nitrogens with zero attached hydrogens (tertiary/aromatic N) is 1. The van der Waals surface area contributed by atoms with Crippen LogP contribution in [0, 0.1) is 23.2 Å². The van der Waals surface area contributed by atoms with Gasteiger partial charge in [-0.25, -0.2) is 0 Å². The van der Waals surface area contributed by atoms with Gasteiger partial charge in [0.1, 0.15) is 0 Å². The Morgan fingerprint density at radius 1 is 1.15 bits per heavy atom. The van der Waals surface area contributed by atoms with Gasteiger partial charge in [0, 0.05) is 32.1 Å². The molecule has 4 saturated carbocycles. The van der Waals surface area contributed by atoms with Crippen molar-refractivity contribution in [3.8, 4) is 0 Å². The molecule has 5 rings (SSSR count). The first-order valence-corrected chi connectivity index (χ1v) is 8.63. The zero-order valence-electron chi connectivity index (χ0n) is 12.7. The van der Waals surface area contributed by atoms with Gasteiger partial charge in [0.05, 0.1) is 0 Å². The number of nitrogens with one attached hydrogen (secondary N) is 1. The van der Waals surface area contributed by atoms with Gasteiger partial charge in [-0.3, -0.25) is 4.79 Å². The van der Waals surface area contributed by atoms with Crippen molar-refractivity contribution >= 4 is 5.91 Å². The van der Waals surface area contributed by atoms with Crippen LogP contribution in [0.3, 0.4) is 0 Å². The lowest BCUT2D eigenvalue weighted by Crippen LogP contribution is -2.53. The zero-order chi connectivity index (χ0) is 13.7. The first-order valence-electron chi connectivity index (χ1n) is 8.63. The van der Waals surface area contributed by atoms with Gasteiger partial charge in [0.2, 0.25) is 5.91 Å². The first-order chi connectivity index (χ1) is 9.62. The lowest BCUT2D eigenvalue weighted by Gasteiger charge is -2.57. The Morgan fingerprint density at radius 3 is 2.30 bits per heavy atom. The summed E-state index contributed by atoms with van der Waals surface area (Å²) in [6.45, 7) is 4.97. The molecule has 3 nitrogen and oxygen atoms in total. The molecule has 1 saturated heterocycles.